The molecular formula is C11H21N3O. The van der Waals surface area contributed by atoms with Crippen LogP contribution in [0, 0.1) is 17.2 Å². The van der Waals surface area contributed by atoms with Crippen LogP contribution in [-0.2, 0) is 4.79 Å². The van der Waals surface area contributed by atoms with Gasteiger partial charge in [-0.3, -0.25) is 4.79 Å². The molecule has 4 nitrogen and oxygen atoms in total. The van der Waals surface area contributed by atoms with E-state index < -0.39 is 0 Å². The maximum atomic E-state index is 11.6. The molecule has 0 saturated heterocycles. The van der Waals surface area contributed by atoms with Gasteiger partial charge in [0.25, 0.3) is 0 Å². The fourth-order valence-electron chi connectivity index (χ4n) is 1.29. The maximum absolute atomic E-state index is 11.6. The van der Waals surface area contributed by atoms with Gasteiger partial charge in [-0.05, 0) is 20.5 Å². The van der Waals surface area contributed by atoms with Crippen molar-refractivity contribution in [1.29, 1.82) is 5.26 Å². The predicted octanol–water partition coefficient (Wildman–Crippen LogP) is 0.945. The molecule has 0 aromatic carbocycles. The van der Waals surface area contributed by atoms with E-state index in [1.807, 2.05) is 32.8 Å². The van der Waals surface area contributed by atoms with Crippen LogP contribution in [0.5, 0.6) is 0 Å². The highest BCUT2D eigenvalue weighted by Gasteiger charge is 2.21. The van der Waals surface area contributed by atoms with Crippen LogP contribution in [0.25, 0.3) is 0 Å². The van der Waals surface area contributed by atoms with Gasteiger partial charge in [-0.2, -0.15) is 5.26 Å². The lowest BCUT2D eigenvalue weighted by Gasteiger charge is -2.25. The number of hydrogen-bond acceptors (Lipinski definition) is 3. The summed E-state index contributed by atoms with van der Waals surface area (Å²) in [6.07, 6.45) is 0.693. The van der Waals surface area contributed by atoms with Gasteiger partial charge in [0, 0.05) is 19.5 Å². The number of amides is 1. The summed E-state index contributed by atoms with van der Waals surface area (Å²) in [4.78, 5) is 15.2. The smallest absolute Gasteiger partial charge is 0.225 e. The molecule has 0 aliphatic rings. The average Bonchev–Trinajstić information content (AvgIpc) is 2.16. The number of carbonyl (C=O) groups is 1. The number of nitriles is 1. The average molecular weight is 211 g/mol. The van der Waals surface area contributed by atoms with Crippen LogP contribution < -0.4 is 0 Å². The molecule has 0 radical (unpaired) electrons. The zero-order valence-electron chi connectivity index (χ0n) is 10.3. The van der Waals surface area contributed by atoms with Crippen molar-refractivity contribution in [2.45, 2.75) is 26.3 Å². The first-order valence-corrected chi connectivity index (χ1v) is 5.21. The number of carbonyl (C=O) groups excluding carboxylic acids is 1. The van der Waals surface area contributed by atoms with Gasteiger partial charge in [0.15, 0.2) is 0 Å². The van der Waals surface area contributed by atoms with Gasteiger partial charge in [-0.15, -0.1) is 0 Å². The molecule has 0 spiro atoms. The van der Waals surface area contributed by atoms with Crippen LogP contribution in [0.1, 0.15) is 20.3 Å². The first-order chi connectivity index (χ1) is 6.90. The van der Waals surface area contributed by atoms with Gasteiger partial charge >= 0.3 is 0 Å². The van der Waals surface area contributed by atoms with Crippen LogP contribution in [0.15, 0.2) is 0 Å². The lowest BCUT2D eigenvalue weighted by molar-refractivity contribution is -0.134. The van der Waals surface area contributed by atoms with Gasteiger partial charge < -0.3 is 9.80 Å². The molecule has 0 saturated carbocycles. The third-order valence-corrected chi connectivity index (χ3v) is 2.31. The number of nitrogens with zero attached hydrogens (tertiary/aromatic N) is 3. The third-order valence-electron chi connectivity index (χ3n) is 2.31. The Bertz CT molecular complexity index is 243. The van der Waals surface area contributed by atoms with E-state index >= 15 is 0 Å². The molecule has 0 heterocycles. The Morgan fingerprint density at radius 3 is 2.20 bits per heavy atom. The van der Waals surface area contributed by atoms with E-state index in [1.165, 1.54) is 0 Å². The van der Waals surface area contributed by atoms with Crippen molar-refractivity contribution in [3.8, 4) is 6.07 Å². The normalized spacial score (nSPS) is 12.7. The Balaban J connectivity index is 4.29. The minimum Gasteiger partial charge on any atom is -0.329 e. The monoisotopic (exact) mass is 211 g/mol. The van der Waals surface area contributed by atoms with Crippen LogP contribution in [0.4, 0.5) is 0 Å². The molecule has 4 heteroatoms. The fraction of sp³-hybridized carbons (Fsp3) is 0.818. The standard InChI is InChI=1S/C11H21N3O/c1-9(2)11(15)14(5)10(8-12)6-7-13(3)4/h9-10H,6-7H2,1-5H3/t10-/m1/s1. The van der Waals surface area contributed by atoms with Crippen molar-refractivity contribution in [3.63, 3.8) is 0 Å². The Labute approximate surface area is 92.5 Å². The van der Waals surface area contributed by atoms with Crippen LogP contribution in [-0.4, -0.2) is 49.4 Å². The van der Waals surface area contributed by atoms with Crippen molar-refractivity contribution < 1.29 is 4.79 Å². The Morgan fingerprint density at radius 2 is 1.87 bits per heavy atom. The second-order valence-corrected chi connectivity index (χ2v) is 4.34. The molecule has 1 atom stereocenters. The summed E-state index contributed by atoms with van der Waals surface area (Å²) < 4.78 is 0. The summed E-state index contributed by atoms with van der Waals surface area (Å²) in [5.74, 6) is -0.0227. The van der Waals surface area contributed by atoms with Gasteiger partial charge in [-0.1, -0.05) is 13.8 Å². The van der Waals surface area contributed by atoms with E-state index in [2.05, 4.69) is 6.07 Å². The molecule has 15 heavy (non-hydrogen) atoms. The van der Waals surface area contributed by atoms with Crippen LogP contribution >= 0.6 is 0 Å². The van der Waals surface area contributed by atoms with Crippen molar-refractivity contribution in [3.05, 3.63) is 0 Å². The van der Waals surface area contributed by atoms with E-state index in [-0.39, 0.29) is 17.9 Å². The van der Waals surface area contributed by atoms with E-state index in [1.54, 1.807) is 11.9 Å². The first-order valence-electron chi connectivity index (χ1n) is 5.21. The largest absolute Gasteiger partial charge is 0.329 e. The molecule has 0 aromatic rings. The first kappa shape index (κ1) is 13.9. The molecule has 0 aromatic heterocycles. The predicted molar refractivity (Wildman–Crippen MR) is 60.2 cm³/mol. The highest BCUT2D eigenvalue weighted by molar-refractivity contribution is 5.78. The second kappa shape index (κ2) is 6.41. The second-order valence-electron chi connectivity index (χ2n) is 4.34. The molecule has 0 N–H and O–H groups in total. The number of hydrogen-bond donors (Lipinski definition) is 0. The van der Waals surface area contributed by atoms with Crippen molar-refractivity contribution in [2.24, 2.45) is 5.92 Å². The molecule has 1 amide bonds. The minimum atomic E-state index is -0.317. The van der Waals surface area contributed by atoms with Gasteiger partial charge in [0.05, 0.1) is 6.07 Å². The quantitative estimate of drug-likeness (QED) is 0.680. The van der Waals surface area contributed by atoms with Crippen molar-refractivity contribution >= 4 is 5.91 Å². The summed E-state index contributed by atoms with van der Waals surface area (Å²) in [6.45, 7) is 4.51. The van der Waals surface area contributed by atoms with Gasteiger partial charge in [0.1, 0.15) is 6.04 Å². The van der Waals surface area contributed by atoms with E-state index in [0.717, 1.165) is 6.54 Å². The maximum Gasteiger partial charge on any atom is 0.225 e. The van der Waals surface area contributed by atoms with E-state index in [9.17, 15) is 4.79 Å². The third kappa shape index (κ3) is 4.80. The summed E-state index contributed by atoms with van der Waals surface area (Å²) >= 11 is 0. The molecule has 0 aliphatic heterocycles. The summed E-state index contributed by atoms with van der Waals surface area (Å²) in [5.41, 5.74) is 0. The van der Waals surface area contributed by atoms with E-state index in [4.69, 9.17) is 5.26 Å². The highest BCUT2D eigenvalue weighted by atomic mass is 16.2. The molecule has 0 unspecified atom stereocenters. The Morgan fingerprint density at radius 1 is 1.33 bits per heavy atom. The molecule has 86 valence electrons. The lowest BCUT2D eigenvalue weighted by Crippen LogP contribution is -2.40. The molecule has 0 bridgehead atoms. The van der Waals surface area contributed by atoms with Crippen LogP contribution in [0.2, 0.25) is 0 Å². The molecule has 0 rings (SSSR count). The zero-order chi connectivity index (χ0) is 12.0. The van der Waals surface area contributed by atoms with Gasteiger partial charge in [0.2, 0.25) is 5.91 Å². The zero-order valence-corrected chi connectivity index (χ0v) is 10.3. The molecule has 0 aliphatic carbocycles. The van der Waals surface area contributed by atoms with Crippen molar-refractivity contribution in [2.75, 3.05) is 27.7 Å². The molecular weight excluding hydrogens is 190 g/mol. The Hall–Kier alpha value is -1.08. The SMILES string of the molecule is CC(C)C(=O)N(C)[C@@H](C#N)CCN(C)C. The number of rotatable bonds is 5. The van der Waals surface area contributed by atoms with Gasteiger partial charge in [-0.25, -0.2) is 0 Å². The van der Waals surface area contributed by atoms with Crippen molar-refractivity contribution in [1.82, 2.24) is 9.80 Å². The lowest BCUT2D eigenvalue weighted by atomic mass is 10.1. The minimum absolute atomic E-state index is 0.0281. The summed E-state index contributed by atoms with van der Waals surface area (Å²) in [6, 6.07) is 1.85. The fourth-order valence-corrected chi connectivity index (χ4v) is 1.29. The Kier molecular flexibility index (Phi) is 5.95. The summed E-state index contributed by atoms with van der Waals surface area (Å²) in [7, 11) is 5.61. The summed E-state index contributed by atoms with van der Waals surface area (Å²) in [5, 5.41) is 8.98. The topological polar surface area (TPSA) is 47.3 Å². The van der Waals surface area contributed by atoms with E-state index in [0.29, 0.717) is 6.42 Å². The van der Waals surface area contributed by atoms with Crippen LogP contribution in [0.3, 0.4) is 0 Å². The highest BCUT2D eigenvalue weighted by Crippen LogP contribution is 2.07. The molecule has 0 fully saturated rings.